The molecule has 0 aromatic heterocycles. The SMILES string of the molecule is CCSc1cc2c(cc1O)CCC1C2C[C@@H](C)C2C(=O)CCC12. The van der Waals surface area contributed by atoms with Crippen LogP contribution in [0.15, 0.2) is 17.0 Å². The molecule has 0 spiro atoms. The third-order valence-corrected chi connectivity index (χ3v) is 7.46. The van der Waals surface area contributed by atoms with Crippen LogP contribution in [0.2, 0.25) is 0 Å². The Morgan fingerprint density at radius 1 is 1.22 bits per heavy atom. The van der Waals surface area contributed by atoms with E-state index in [9.17, 15) is 9.90 Å². The fraction of sp³-hybridized carbons (Fsp3) is 0.650. The zero-order valence-electron chi connectivity index (χ0n) is 14.0. The molecule has 3 heteroatoms. The van der Waals surface area contributed by atoms with Crippen LogP contribution in [-0.2, 0) is 11.2 Å². The van der Waals surface area contributed by atoms with Gasteiger partial charge in [-0.25, -0.2) is 0 Å². The lowest BCUT2D eigenvalue weighted by Crippen LogP contribution is -2.40. The highest BCUT2D eigenvalue weighted by atomic mass is 32.2. The van der Waals surface area contributed by atoms with E-state index < -0.39 is 0 Å². The van der Waals surface area contributed by atoms with Crippen molar-refractivity contribution >= 4 is 17.5 Å². The normalized spacial score (nSPS) is 35.6. The van der Waals surface area contributed by atoms with Crippen molar-refractivity contribution in [3.8, 4) is 5.75 Å². The molecule has 3 aliphatic rings. The van der Waals surface area contributed by atoms with Crippen LogP contribution >= 0.6 is 11.8 Å². The molecule has 23 heavy (non-hydrogen) atoms. The summed E-state index contributed by atoms with van der Waals surface area (Å²) in [5, 5.41) is 10.3. The van der Waals surface area contributed by atoms with E-state index in [0.717, 1.165) is 36.3 Å². The molecule has 0 amide bonds. The molecule has 4 unspecified atom stereocenters. The van der Waals surface area contributed by atoms with E-state index in [4.69, 9.17) is 0 Å². The highest BCUT2D eigenvalue weighted by Crippen LogP contribution is 2.56. The van der Waals surface area contributed by atoms with E-state index in [1.54, 1.807) is 11.8 Å². The summed E-state index contributed by atoms with van der Waals surface area (Å²) in [5.41, 5.74) is 2.82. The maximum atomic E-state index is 12.3. The van der Waals surface area contributed by atoms with Gasteiger partial charge in [0.15, 0.2) is 0 Å². The van der Waals surface area contributed by atoms with Gasteiger partial charge in [0.2, 0.25) is 0 Å². The number of phenols is 1. The minimum Gasteiger partial charge on any atom is -0.507 e. The van der Waals surface area contributed by atoms with Gasteiger partial charge in [0, 0.05) is 17.2 Å². The van der Waals surface area contributed by atoms with Gasteiger partial charge in [0.1, 0.15) is 11.5 Å². The first-order valence-corrected chi connectivity index (χ1v) is 10.1. The molecular formula is C20H26O2S. The number of carbonyl (C=O) groups excluding carboxylic acids is 1. The van der Waals surface area contributed by atoms with Crippen molar-refractivity contribution < 1.29 is 9.90 Å². The number of thioether (sulfide) groups is 1. The minimum atomic E-state index is 0.333. The summed E-state index contributed by atoms with van der Waals surface area (Å²) in [7, 11) is 0. The Bertz CT molecular complexity index is 639. The molecule has 1 aromatic carbocycles. The van der Waals surface area contributed by atoms with E-state index in [2.05, 4.69) is 19.9 Å². The van der Waals surface area contributed by atoms with Crippen LogP contribution in [0.25, 0.3) is 0 Å². The fourth-order valence-corrected chi connectivity index (χ4v) is 6.42. The second kappa shape index (κ2) is 5.84. The second-order valence-electron chi connectivity index (χ2n) is 7.67. The zero-order chi connectivity index (χ0) is 16.1. The quantitative estimate of drug-likeness (QED) is 0.793. The maximum absolute atomic E-state index is 12.3. The van der Waals surface area contributed by atoms with Crippen LogP contribution in [-0.4, -0.2) is 16.6 Å². The molecule has 2 fully saturated rings. The molecular weight excluding hydrogens is 304 g/mol. The van der Waals surface area contributed by atoms with Gasteiger partial charge in [-0.1, -0.05) is 13.8 Å². The fourth-order valence-electron chi connectivity index (χ4n) is 5.69. The van der Waals surface area contributed by atoms with Crippen LogP contribution in [0, 0.1) is 23.7 Å². The van der Waals surface area contributed by atoms with Gasteiger partial charge in [-0.3, -0.25) is 4.79 Å². The summed E-state index contributed by atoms with van der Waals surface area (Å²) >= 11 is 1.73. The van der Waals surface area contributed by atoms with Crippen LogP contribution in [0.3, 0.4) is 0 Å². The predicted octanol–water partition coefficient (Wildman–Crippen LogP) is 4.79. The molecule has 124 valence electrons. The van der Waals surface area contributed by atoms with E-state index >= 15 is 0 Å². The number of hydrogen-bond donors (Lipinski definition) is 1. The van der Waals surface area contributed by atoms with Gasteiger partial charge in [0.25, 0.3) is 0 Å². The first-order chi connectivity index (χ1) is 11.1. The van der Waals surface area contributed by atoms with Gasteiger partial charge < -0.3 is 5.11 Å². The van der Waals surface area contributed by atoms with E-state index in [0.29, 0.717) is 41.1 Å². The number of hydrogen-bond acceptors (Lipinski definition) is 3. The highest BCUT2D eigenvalue weighted by Gasteiger charge is 2.50. The van der Waals surface area contributed by atoms with Crippen LogP contribution in [0.4, 0.5) is 0 Å². The number of benzene rings is 1. The van der Waals surface area contributed by atoms with Crippen LogP contribution in [0.5, 0.6) is 5.75 Å². The highest BCUT2D eigenvalue weighted by molar-refractivity contribution is 7.99. The number of Topliss-reactive ketones (excluding diaryl/α,β-unsaturated/α-hetero) is 1. The Balaban J connectivity index is 1.72. The number of aryl methyl sites for hydroxylation is 1. The van der Waals surface area contributed by atoms with Crippen molar-refractivity contribution in [3.05, 3.63) is 23.3 Å². The van der Waals surface area contributed by atoms with E-state index in [1.165, 1.54) is 17.5 Å². The maximum Gasteiger partial charge on any atom is 0.136 e. The summed E-state index contributed by atoms with van der Waals surface area (Å²) in [5.74, 6) is 4.69. The molecule has 3 aliphatic carbocycles. The summed E-state index contributed by atoms with van der Waals surface area (Å²) in [6, 6.07) is 4.28. The van der Waals surface area contributed by atoms with Crippen molar-refractivity contribution in [2.45, 2.75) is 56.8 Å². The summed E-state index contributed by atoms with van der Waals surface area (Å²) in [6.45, 7) is 4.41. The molecule has 1 N–H and O–H groups in total. The second-order valence-corrected chi connectivity index (χ2v) is 8.97. The van der Waals surface area contributed by atoms with Gasteiger partial charge in [-0.05, 0) is 78.4 Å². The van der Waals surface area contributed by atoms with Gasteiger partial charge >= 0.3 is 0 Å². The Morgan fingerprint density at radius 2 is 2.00 bits per heavy atom. The number of rotatable bonds is 2. The zero-order valence-corrected chi connectivity index (χ0v) is 14.9. The summed E-state index contributed by atoms with van der Waals surface area (Å²) in [4.78, 5) is 13.3. The van der Waals surface area contributed by atoms with Gasteiger partial charge in [0.05, 0.1) is 0 Å². The molecule has 2 saturated carbocycles. The average Bonchev–Trinajstić information content (AvgIpc) is 2.91. The standard InChI is InChI=1S/C20H26O2S/c1-3-23-19-10-15-12(9-18(19)22)4-5-13-14-6-7-17(21)20(14)11(2)8-16(13)15/h9-11,13-14,16,20,22H,3-8H2,1-2H3/t11-,13?,14?,16?,20?/m1/s1. The van der Waals surface area contributed by atoms with Gasteiger partial charge in [-0.15, -0.1) is 11.8 Å². The van der Waals surface area contributed by atoms with E-state index in [-0.39, 0.29) is 0 Å². The molecule has 0 aliphatic heterocycles. The largest absolute Gasteiger partial charge is 0.507 e. The first-order valence-electron chi connectivity index (χ1n) is 9.11. The van der Waals surface area contributed by atoms with Crippen molar-refractivity contribution in [3.63, 3.8) is 0 Å². The van der Waals surface area contributed by atoms with Crippen LogP contribution in [0.1, 0.15) is 56.6 Å². The first kappa shape index (κ1) is 15.6. The Morgan fingerprint density at radius 3 is 2.78 bits per heavy atom. The van der Waals surface area contributed by atoms with Gasteiger partial charge in [-0.2, -0.15) is 0 Å². The Kier molecular flexibility index (Phi) is 3.95. The molecule has 0 bridgehead atoms. The lowest BCUT2D eigenvalue weighted by Gasteiger charge is -2.46. The average molecular weight is 330 g/mol. The molecule has 2 nitrogen and oxygen atoms in total. The minimum absolute atomic E-state index is 0.333. The Labute approximate surface area is 143 Å². The molecule has 0 heterocycles. The molecule has 5 atom stereocenters. The lowest BCUT2D eigenvalue weighted by molar-refractivity contribution is -0.124. The predicted molar refractivity (Wildman–Crippen MR) is 94.1 cm³/mol. The summed E-state index contributed by atoms with van der Waals surface area (Å²) in [6.07, 6.45) is 5.32. The molecule has 4 rings (SSSR count). The van der Waals surface area contributed by atoms with E-state index in [1.807, 2.05) is 6.07 Å². The third-order valence-electron chi connectivity index (χ3n) is 6.53. The summed E-state index contributed by atoms with van der Waals surface area (Å²) < 4.78 is 0. The van der Waals surface area contributed by atoms with Crippen molar-refractivity contribution in [1.29, 1.82) is 0 Å². The number of phenolic OH excluding ortho intramolecular Hbond substituents is 1. The smallest absolute Gasteiger partial charge is 0.136 e. The Hall–Kier alpha value is -0.960. The molecule has 0 saturated heterocycles. The number of ketones is 1. The third kappa shape index (κ3) is 2.43. The van der Waals surface area contributed by atoms with Crippen molar-refractivity contribution in [2.24, 2.45) is 23.7 Å². The monoisotopic (exact) mass is 330 g/mol. The number of carbonyl (C=O) groups is 1. The topological polar surface area (TPSA) is 37.3 Å². The van der Waals surface area contributed by atoms with Crippen molar-refractivity contribution in [1.82, 2.24) is 0 Å². The van der Waals surface area contributed by atoms with Crippen molar-refractivity contribution in [2.75, 3.05) is 5.75 Å². The van der Waals surface area contributed by atoms with Crippen LogP contribution < -0.4 is 0 Å². The molecule has 0 radical (unpaired) electrons. The molecule has 1 aromatic rings. The lowest BCUT2D eigenvalue weighted by atomic mass is 9.58. The number of fused-ring (bicyclic) bond motifs is 5. The number of aromatic hydroxyl groups is 1.